The highest BCUT2D eigenvalue weighted by molar-refractivity contribution is 6.03. The molecule has 11 nitrogen and oxygen atoms in total. The van der Waals surface area contributed by atoms with Gasteiger partial charge in [0.25, 0.3) is 0 Å². The van der Waals surface area contributed by atoms with E-state index >= 15 is 4.39 Å². The van der Waals surface area contributed by atoms with Crippen LogP contribution in [0.4, 0.5) is 18.9 Å². The van der Waals surface area contributed by atoms with Gasteiger partial charge in [-0.25, -0.2) is 9.18 Å². The lowest BCUT2D eigenvalue weighted by atomic mass is 9.90. The Labute approximate surface area is 301 Å². The summed E-state index contributed by atoms with van der Waals surface area (Å²) in [6.45, 7) is 16.0. The number of nitrogens with one attached hydrogen (secondary N) is 1. The summed E-state index contributed by atoms with van der Waals surface area (Å²) in [7, 11) is 0. The highest BCUT2D eigenvalue weighted by Gasteiger charge is 2.53. The molecule has 1 aliphatic heterocycles. The van der Waals surface area contributed by atoms with Crippen molar-refractivity contribution in [3.8, 4) is 11.5 Å². The first-order valence-corrected chi connectivity index (χ1v) is 17.2. The van der Waals surface area contributed by atoms with Crippen LogP contribution in [0.25, 0.3) is 10.9 Å². The van der Waals surface area contributed by atoms with Crippen molar-refractivity contribution >= 4 is 28.5 Å². The van der Waals surface area contributed by atoms with Crippen LogP contribution in [-0.4, -0.2) is 81.2 Å². The smallest absolute Gasteiger partial charge is 0.458 e. The van der Waals surface area contributed by atoms with Gasteiger partial charge in [0.2, 0.25) is 5.91 Å². The number of esters is 1. The maximum Gasteiger partial charge on any atom is 0.586 e. The van der Waals surface area contributed by atoms with Crippen molar-refractivity contribution in [1.82, 2.24) is 4.57 Å². The molecule has 0 atom stereocenters. The second-order valence-electron chi connectivity index (χ2n) is 14.5. The molecule has 0 unspecified atom stereocenters. The monoisotopic (exact) mass is 732 g/mol. The molecule has 52 heavy (non-hydrogen) atoms. The average Bonchev–Trinajstić information content (AvgIpc) is 3.70. The number of halogens is 3. The van der Waals surface area contributed by atoms with Crippen LogP contribution in [0.5, 0.6) is 11.5 Å². The Morgan fingerprint density at radius 1 is 0.904 bits per heavy atom. The minimum atomic E-state index is -3.77. The summed E-state index contributed by atoms with van der Waals surface area (Å²) in [5.74, 6) is -1.72. The third-order valence-electron chi connectivity index (χ3n) is 8.60. The van der Waals surface area contributed by atoms with Crippen LogP contribution in [-0.2, 0) is 50.6 Å². The van der Waals surface area contributed by atoms with Gasteiger partial charge in [-0.15, -0.1) is 15.4 Å². The summed E-state index contributed by atoms with van der Waals surface area (Å²) < 4.78 is 81.2. The number of alkyl halides is 2. The quantitative estimate of drug-likeness (QED) is 0.0823. The highest BCUT2D eigenvalue weighted by atomic mass is 19.3. The van der Waals surface area contributed by atoms with E-state index in [1.807, 2.05) is 24.5 Å². The normalized spacial score (nSPS) is 15.8. The van der Waals surface area contributed by atoms with Gasteiger partial charge in [-0.05, 0) is 63.4 Å². The van der Waals surface area contributed by atoms with Crippen molar-refractivity contribution in [3.63, 3.8) is 0 Å². The van der Waals surface area contributed by atoms with Crippen molar-refractivity contribution in [3.05, 3.63) is 66.1 Å². The van der Waals surface area contributed by atoms with Crippen molar-refractivity contribution in [1.29, 1.82) is 0 Å². The summed E-state index contributed by atoms with van der Waals surface area (Å²) in [4.78, 5) is 25.2. The third-order valence-corrected chi connectivity index (χ3v) is 8.60. The van der Waals surface area contributed by atoms with E-state index < -0.39 is 40.4 Å². The first kappa shape index (κ1) is 39.1. The standard InChI is InChI=1S/C38H47F3N2O9/c1-7-12-43-29-22-27(39)28(42-34(45)37(10-11-37)26-8-9-30-31(21-26)51-38(40,41)50-30)19-25(29)20-32(43)36(5,6)24-49-18-16-47-14-13-46-15-17-48-23-33(44)52-35(2,3)4/h7-9,19-22H,1,10-18,23-24H2,2-6H3,(H,42,45). The van der Waals surface area contributed by atoms with Crippen LogP contribution in [0, 0.1) is 5.82 Å². The zero-order chi connectivity index (χ0) is 37.7. The number of ether oxygens (including phenoxy) is 7. The lowest BCUT2D eigenvalue weighted by Crippen LogP contribution is -2.28. The molecule has 1 N–H and O–H groups in total. The number of aromatic nitrogens is 1. The molecular formula is C38H47F3N2O9. The van der Waals surface area contributed by atoms with E-state index in [4.69, 9.17) is 23.7 Å². The number of amides is 1. The number of anilines is 1. The predicted molar refractivity (Wildman–Crippen MR) is 186 cm³/mol. The van der Waals surface area contributed by atoms with Crippen LogP contribution in [0.3, 0.4) is 0 Å². The van der Waals surface area contributed by atoms with Crippen molar-refractivity contribution in [2.24, 2.45) is 0 Å². The molecule has 2 aromatic carbocycles. The van der Waals surface area contributed by atoms with E-state index in [0.29, 0.717) is 70.1 Å². The van der Waals surface area contributed by atoms with E-state index in [1.54, 1.807) is 39.0 Å². The van der Waals surface area contributed by atoms with Gasteiger partial charge >= 0.3 is 12.3 Å². The van der Waals surface area contributed by atoms with Gasteiger partial charge in [-0.2, -0.15) is 0 Å². The average molecular weight is 733 g/mol. The Morgan fingerprint density at radius 3 is 2.17 bits per heavy atom. The number of carbonyl (C=O) groups excluding carboxylic acids is 2. The highest BCUT2D eigenvalue weighted by Crippen LogP contribution is 2.52. The lowest BCUT2D eigenvalue weighted by Gasteiger charge is -2.26. The molecule has 3 aromatic rings. The summed E-state index contributed by atoms with van der Waals surface area (Å²) in [5, 5.41) is 3.46. The van der Waals surface area contributed by atoms with Gasteiger partial charge in [0, 0.05) is 29.1 Å². The minimum absolute atomic E-state index is 0.0156. The minimum Gasteiger partial charge on any atom is -0.458 e. The number of nitrogens with zero attached hydrogens (tertiary/aromatic N) is 1. The lowest BCUT2D eigenvalue weighted by molar-refractivity contribution is -0.286. The Bertz CT molecular complexity index is 1760. The molecule has 1 amide bonds. The number of carbonyl (C=O) groups is 2. The second kappa shape index (κ2) is 15.9. The van der Waals surface area contributed by atoms with Gasteiger partial charge in [0.05, 0.1) is 62.9 Å². The molecule has 284 valence electrons. The summed E-state index contributed by atoms with van der Waals surface area (Å²) in [6.07, 6.45) is -1.09. The first-order chi connectivity index (χ1) is 24.5. The maximum absolute atomic E-state index is 15.6. The first-order valence-electron chi connectivity index (χ1n) is 17.2. The molecule has 1 saturated carbocycles. The van der Waals surface area contributed by atoms with E-state index in [-0.39, 0.29) is 30.4 Å². The van der Waals surface area contributed by atoms with Crippen molar-refractivity contribution in [2.45, 2.75) is 76.7 Å². The Hall–Kier alpha value is -4.11. The van der Waals surface area contributed by atoms with Crippen LogP contribution in [0.15, 0.2) is 49.1 Å². The predicted octanol–water partition coefficient (Wildman–Crippen LogP) is 6.64. The van der Waals surface area contributed by atoms with Gasteiger partial charge in [0.15, 0.2) is 11.5 Å². The molecule has 0 saturated heterocycles. The van der Waals surface area contributed by atoms with E-state index in [1.165, 1.54) is 18.2 Å². The SMILES string of the molecule is C=CCn1c(C(C)(C)COCCOCCOCCOCC(=O)OC(C)(C)C)cc2cc(NC(=O)C3(c4ccc5c(c4)OC(F)(F)O5)CC3)c(F)cc21. The largest absolute Gasteiger partial charge is 0.586 e. The Kier molecular flexibility index (Phi) is 11.9. The van der Waals surface area contributed by atoms with Gasteiger partial charge < -0.3 is 43.0 Å². The van der Waals surface area contributed by atoms with Crippen molar-refractivity contribution in [2.75, 3.05) is 58.2 Å². The Morgan fingerprint density at radius 2 is 1.54 bits per heavy atom. The van der Waals surface area contributed by atoms with E-state index in [2.05, 4.69) is 21.4 Å². The molecule has 1 aromatic heterocycles. The number of fused-ring (bicyclic) bond motifs is 2. The van der Waals surface area contributed by atoms with Crippen LogP contribution >= 0.6 is 0 Å². The second-order valence-corrected chi connectivity index (χ2v) is 14.5. The number of allylic oxidation sites excluding steroid dienone is 1. The molecular weight excluding hydrogens is 685 g/mol. The molecule has 5 rings (SSSR count). The number of hydrogen-bond acceptors (Lipinski definition) is 9. The molecule has 14 heteroatoms. The fourth-order valence-electron chi connectivity index (χ4n) is 6.01. The molecule has 1 aliphatic carbocycles. The number of rotatable bonds is 19. The molecule has 2 aliphatic rings. The van der Waals surface area contributed by atoms with Crippen LogP contribution in [0.2, 0.25) is 0 Å². The zero-order valence-corrected chi connectivity index (χ0v) is 30.3. The van der Waals surface area contributed by atoms with Crippen LogP contribution < -0.4 is 14.8 Å². The zero-order valence-electron chi connectivity index (χ0n) is 30.3. The van der Waals surface area contributed by atoms with Crippen molar-refractivity contribution < 1.29 is 55.9 Å². The van der Waals surface area contributed by atoms with Crippen LogP contribution in [0.1, 0.15) is 58.7 Å². The van der Waals surface area contributed by atoms with Gasteiger partial charge in [-0.1, -0.05) is 26.0 Å². The topological polar surface area (TPSA) is 116 Å². The number of benzene rings is 2. The summed E-state index contributed by atoms with van der Waals surface area (Å²) in [5.41, 5.74) is 0.000269. The fourth-order valence-corrected chi connectivity index (χ4v) is 6.01. The molecule has 1 fully saturated rings. The van der Waals surface area contributed by atoms with E-state index in [9.17, 15) is 18.4 Å². The number of hydrogen-bond donors (Lipinski definition) is 1. The van der Waals surface area contributed by atoms with Gasteiger partial charge in [0.1, 0.15) is 18.0 Å². The van der Waals surface area contributed by atoms with Gasteiger partial charge in [-0.3, -0.25) is 4.79 Å². The molecule has 2 heterocycles. The molecule has 0 bridgehead atoms. The fraction of sp³-hybridized carbons (Fsp3) is 0.526. The molecule has 0 radical (unpaired) electrons. The third kappa shape index (κ3) is 9.65. The maximum atomic E-state index is 15.6. The van der Waals surface area contributed by atoms with E-state index in [0.717, 1.165) is 11.1 Å². The molecule has 0 spiro atoms. The Balaban J connectivity index is 1.11. The summed E-state index contributed by atoms with van der Waals surface area (Å²) >= 11 is 0. The summed E-state index contributed by atoms with van der Waals surface area (Å²) in [6, 6.07) is 9.22.